The number of piperidine rings is 1. The molecule has 0 saturated carbocycles. The van der Waals surface area contributed by atoms with Gasteiger partial charge in [-0.05, 0) is 95.5 Å². The number of fused-ring (bicyclic) bond motifs is 2. The molecule has 3 aliphatic rings. The van der Waals surface area contributed by atoms with Gasteiger partial charge in [0.25, 0.3) is 0 Å². The molecule has 0 spiro atoms. The van der Waals surface area contributed by atoms with Crippen molar-refractivity contribution in [1.82, 2.24) is 10.6 Å². The maximum Gasteiger partial charge on any atom is 0.0543 e. The van der Waals surface area contributed by atoms with Crippen LogP contribution in [0.1, 0.15) is 50.2 Å². The summed E-state index contributed by atoms with van der Waals surface area (Å²) in [5, 5.41) is 8.05. The first-order chi connectivity index (χ1) is 12.2. The number of nitrogens with one attached hydrogen (secondary N) is 2. The summed E-state index contributed by atoms with van der Waals surface area (Å²) < 4.78 is 1.15. The number of benzene rings is 1. The Morgan fingerprint density at radius 1 is 1.12 bits per heavy atom. The standard InChI is InChI=1S/C19H22BrClN2.C2H6/c20-15-9-14-2-1-13-10-16(21)3-4-17(13)18(19(14)23-11-15)12-5-7-22-8-6-12;1-2/h3-4,9-12,18-19,22-23H,1-2,5-8H2;1-2H3. The fourth-order valence-corrected chi connectivity index (χ4v) is 5.07. The average molecular weight is 424 g/mol. The largest absolute Gasteiger partial charge is 0.383 e. The van der Waals surface area contributed by atoms with Crippen molar-refractivity contribution in [1.29, 1.82) is 0 Å². The van der Waals surface area contributed by atoms with Crippen LogP contribution in [0.25, 0.3) is 0 Å². The predicted octanol–water partition coefficient (Wildman–Crippen LogP) is 5.53. The van der Waals surface area contributed by atoms with Crippen molar-refractivity contribution in [3.8, 4) is 0 Å². The number of rotatable bonds is 1. The van der Waals surface area contributed by atoms with E-state index in [0.717, 1.165) is 41.4 Å². The topological polar surface area (TPSA) is 24.1 Å². The normalized spacial score (nSPS) is 25.9. The van der Waals surface area contributed by atoms with Crippen LogP contribution < -0.4 is 10.6 Å². The van der Waals surface area contributed by atoms with Crippen LogP contribution in [0.3, 0.4) is 0 Å². The lowest BCUT2D eigenvalue weighted by molar-refractivity contribution is 0.288. The molecule has 2 N–H and O–H groups in total. The van der Waals surface area contributed by atoms with Crippen LogP contribution in [0.4, 0.5) is 0 Å². The van der Waals surface area contributed by atoms with Crippen molar-refractivity contribution >= 4 is 27.5 Å². The van der Waals surface area contributed by atoms with Crippen LogP contribution in [0.5, 0.6) is 0 Å². The van der Waals surface area contributed by atoms with Gasteiger partial charge in [-0.15, -0.1) is 0 Å². The maximum atomic E-state index is 6.28. The Bertz CT molecular complexity index is 662. The Labute approximate surface area is 165 Å². The summed E-state index contributed by atoms with van der Waals surface area (Å²) in [4.78, 5) is 0. The summed E-state index contributed by atoms with van der Waals surface area (Å²) in [6.07, 6.45) is 9.13. The SMILES string of the molecule is CC.Clc1ccc2c(c1)CCC1=CC(Br)=CNC1C2C1CCNCC1. The second kappa shape index (κ2) is 8.75. The van der Waals surface area contributed by atoms with Gasteiger partial charge in [-0.25, -0.2) is 0 Å². The minimum Gasteiger partial charge on any atom is -0.383 e. The highest BCUT2D eigenvalue weighted by atomic mass is 79.9. The second-order valence-corrected chi connectivity index (χ2v) is 8.20. The highest BCUT2D eigenvalue weighted by molar-refractivity contribution is 9.11. The number of aryl methyl sites for hydroxylation is 1. The minimum atomic E-state index is 0.418. The molecule has 0 amide bonds. The Morgan fingerprint density at radius 3 is 2.64 bits per heavy atom. The number of hydrogen-bond acceptors (Lipinski definition) is 2. The molecule has 4 rings (SSSR count). The molecule has 25 heavy (non-hydrogen) atoms. The summed E-state index contributed by atoms with van der Waals surface area (Å²) in [5.41, 5.74) is 4.47. The van der Waals surface area contributed by atoms with Crippen LogP contribution in [-0.4, -0.2) is 19.1 Å². The van der Waals surface area contributed by atoms with E-state index in [2.05, 4.69) is 57.0 Å². The van der Waals surface area contributed by atoms with Gasteiger partial charge in [0.15, 0.2) is 0 Å². The van der Waals surface area contributed by atoms with Crippen molar-refractivity contribution < 1.29 is 0 Å². The van der Waals surface area contributed by atoms with Crippen LogP contribution in [0.2, 0.25) is 5.02 Å². The van der Waals surface area contributed by atoms with E-state index >= 15 is 0 Å². The van der Waals surface area contributed by atoms with E-state index in [4.69, 9.17) is 11.6 Å². The Morgan fingerprint density at radius 2 is 1.88 bits per heavy atom. The van der Waals surface area contributed by atoms with Crippen molar-refractivity contribution in [2.24, 2.45) is 5.92 Å². The molecule has 4 heteroatoms. The molecule has 1 aromatic rings. The molecular formula is C21H28BrClN2. The van der Waals surface area contributed by atoms with Gasteiger partial charge in [0.1, 0.15) is 0 Å². The van der Waals surface area contributed by atoms with E-state index < -0.39 is 0 Å². The zero-order chi connectivity index (χ0) is 17.8. The van der Waals surface area contributed by atoms with Gasteiger partial charge in [-0.1, -0.05) is 31.5 Å². The molecule has 1 aromatic carbocycles. The van der Waals surface area contributed by atoms with Crippen LogP contribution in [-0.2, 0) is 6.42 Å². The first-order valence-electron chi connectivity index (χ1n) is 9.53. The van der Waals surface area contributed by atoms with Crippen LogP contribution in [0.15, 0.2) is 40.5 Å². The van der Waals surface area contributed by atoms with Crippen LogP contribution >= 0.6 is 27.5 Å². The lowest BCUT2D eigenvalue weighted by atomic mass is 9.74. The fourth-order valence-electron chi connectivity index (χ4n) is 4.45. The molecule has 2 nitrogen and oxygen atoms in total. The minimum absolute atomic E-state index is 0.418. The lowest BCUT2D eigenvalue weighted by Gasteiger charge is -2.38. The molecule has 0 bridgehead atoms. The van der Waals surface area contributed by atoms with Gasteiger partial charge in [0.2, 0.25) is 0 Å². The maximum absolute atomic E-state index is 6.28. The zero-order valence-electron chi connectivity index (χ0n) is 15.1. The molecule has 136 valence electrons. The van der Waals surface area contributed by atoms with Crippen molar-refractivity contribution in [3.05, 3.63) is 56.7 Å². The van der Waals surface area contributed by atoms with E-state index in [0.29, 0.717) is 12.0 Å². The number of dihydropyridines is 1. The molecule has 2 aliphatic heterocycles. The highest BCUT2D eigenvalue weighted by Gasteiger charge is 2.37. The van der Waals surface area contributed by atoms with E-state index in [1.165, 1.54) is 29.5 Å². The van der Waals surface area contributed by atoms with Crippen molar-refractivity contribution in [2.75, 3.05) is 13.1 Å². The van der Waals surface area contributed by atoms with Crippen molar-refractivity contribution in [3.63, 3.8) is 0 Å². The van der Waals surface area contributed by atoms with E-state index in [9.17, 15) is 0 Å². The third-order valence-corrected chi connectivity index (χ3v) is 6.21. The van der Waals surface area contributed by atoms with Gasteiger partial charge in [-0.3, -0.25) is 0 Å². The number of halogens is 2. The molecular weight excluding hydrogens is 396 g/mol. The van der Waals surface area contributed by atoms with Gasteiger partial charge >= 0.3 is 0 Å². The van der Waals surface area contributed by atoms with E-state index in [-0.39, 0.29) is 0 Å². The molecule has 1 saturated heterocycles. The Hall–Kier alpha value is -0.770. The van der Waals surface area contributed by atoms with Crippen LogP contribution in [0, 0.1) is 5.92 Å². The molecule has 0 radical (unpaired) electrons. The summed E-state index contributed by atoms with van der Waals surface area (Å²) in [6, 6.07) is 6.95. The molecule has 2 heterocycles. The second-order valence-electron chi connectivity index (χ2n) is 6.85. The number of allylic oxidation sites excluding steroid dienone is 2. The van der Waals surface area contributed by atoms with E-state index in [1.807, 2.05) is 13.8 Å². The Balaban J connectivity index is 0.000000880. The van der Waals surface area contributed by atoms with Gasteiger partial charge in [0.05, 0.1) is 6.04 Å². The monoisotopic (exact) mass is 422 g/mol. The zero-order valence-corrected chi connectivity index (χ0v) is 17.5. The molecule has 2 atom stereocenters. The summed E-state index contributed by atoms with van der Waals surface area (Å²) >= 11 is 9.91. The fraction of sp³-hybridized carbons (Fsp3) is 0.524. The molecule has 1 fully saturated rings. The van der Waals surface area contributed by atoms with Gasteiger partial charge in [-0.2, -0.15) is 0 Å². The molecule has 0 aromatic heterocycles. The lowest BCUT2D eigenvalue weighted by Crippen LogP contribution is -2.41. The average Bonchev–Trinajstić information content (AvgIpc) is 2.80. The third kappa shape index (κ3) is 4.15. The highest BCUT2D eigenvalue weighted by Crippen LogP contribution is 2.43. The third-order valence-electron chi connectivity index (χ3n) is 5.52. The summed E-state index contributed by atoms with van der Waals surface area (Å²) in [5.74, 6) is 1.26. The van der Waals surface area contributed by atoms with Gasteiger partial charge in [0, 0.05) is 21.6 Å². The Kier molecular flexibility index (Phi) is 6.65. The smallest absolute Gasteiger partial charge is 0.0543 e. The first-order valence-corrected chi connectivity index (χ1v) is 10.7. The summed E-state index contributed by atoms with van der Waals surface area (Å²) in [6.45, 7) is 6.27. The first kappa shape index (κ1) is 19.0. The van der Waals surface area contributed by atoms with Gasteiger partial charge < -0.3 is 10.6 Å². The van der Waals surface area contributed by atoms with E-state index in [1.54, 1.807) is 0 Å². The predicted molar refractivity (Wildman–Crippen MR) is 111 cm³/mol. The summed E-state index contributed by atoms with van der Waals surface area (Å²) in [7, 11) is 0. The molecule has 2 unspecified atom stereocenters. The molecule has 1 aliphatic carbocycles. The number of hydrogen-bond donors (Lipinski definition) is 2. The van der Waals surface area contributed by atoms with Crippen molar-refractivity contribution in [2.45, 2.75) is 51.5 Å². The quantitative estimate of drug-likeness (QED) is 0.620.